The van der Waals surface area contributed by atoms with Crippen LogP contribution in [0.15, 0.2) is 60.8 Å². The zero-order chi connectivity index (χ0) is 17.1. The smallest absolute Gasteiger partial charge is 0.227 e. The molecule has 0 bridgehead atoms. The van der Waals surface area contributed by atoms with Crippen LogP contribution in [0.2, 0.25) is 0 Å². The van der Waals surface area contributed by atoms with Gasteiger partial charge in [0.2, 0.25) is 5.95 Å². The first kappa shape index (κ1) is 15.3. The molecule has 0 saturated heterocycles. The highest BCUT2D eigenvalue weighted by Crippen LogP contribution is 2.26. The number of nitrogens with one attached hydrogen (secondary N) is 1. The highest BCUT2D eigenvalue weighted by Gasteiger charge is 2.19. The van der Waals surface area contributed by atoms with Crippen molar-refractivity contribution in [2.24, 2.45) is 0 Å². The maximum absolute atomic E-state index is 11.9. The average molecular weight is 331 g/mol. The van der Waals surface area contributed by atoms with Gasteiger partial charge in [0, 0.05) is 24.4 Å². The number of benzene rings is 2. The predicted molar refractivity (Wildman–Crippen MR) is 95.5 cm³/mol. The molecule has 1 aliphatic carbocycles. The molecule has 0 spiro atoms. The van der Waals surface area contributed by atoms with Crippen LogP contribution in [-0.4, -0.2) is 15.8 Å². The molecule has 0 atom stereocenters. The summed E-state index contributed by atoms with van der Waals surface area (Å²) in [5.74, 6) is 2.13. The number of nitrogens with zero attached hydrogens (tertiary/aromatic N) is 2. The van der Waals surface area contributed by atoms with Gasteiger partial charge in [-0.15, -0.1) is 0 Å². The molecule has 0 saturated carbocycles. The maximum atomic E-state index is 11.9. The van der Waals surface area contributed by atoms with E-state index in [9.17, 15) is 4.79 Å². The van der Waals surface area contributed by atoms with Crippen LogP contribution in [-0.2, 0) is 6.42 Å². The van der Waals surface area contributed by atoms with E-state index in [2.05, 4.69) is 15.3 Å². The SMILES string of the molecule is O=C1CCCc2nc(Nc3cccc(Oc4ccccc4)c3)ncc21. The quantitative estimate of drug-likeness (QED) is 0.761. The van der Waals surface area contributed by atoms with Crippen molar-refractivity contribution in [1.29, 1.82) is 0 Å². The lowest BCUT2D eigenvalue weighted by Crippen LogP contribution is -2.14. The summed E-state index contributed by atoms with van der Waals surface area (Å²) in [6, 6.07) is 17.2. The molecule has 3 aromatic rings. The Morgan fingerprint density at radius 1 is 0.960 bits per heavy atom. The largest absolute Gasteiger partial charge is 0.457 e. The number of fused-ring (bicyclic) bond motifs is 1. The van der Waals surface area contributed by atoms with Crippen LogP contribution in [0.25, 0.3) is 0 Å². The maximum Gasteiger partial charge on any atom is 0.227 e. The number of carbonyl (C=O) groups is 1. The Hall–Kier alpha value is -3.21. The van der Waals surface area contributed by atoms with E-state index in [1.807, 2.05) is 54.6 Å². The normalized spacial score (nSPS) is 13.2. The third kappa shape index (κ3) is 3.50. The molecule has 2 aromatic carbocycles. The molecule has 1 aromatic heterocycles. The molecular formula is C20H17N3O2. The molecule has 5 nitrogen and oxygen atoms in total. The second-order valence-corrected chi connectivity index (χ2v) is 5.90. The predicted octanol–water partition coefficient (Wildman–Crippen LogP) is 4.53. The van der Waals surface area contributed by atoms with Crippen molar-refractivity contribution in [2.45, 2.75) is 19.3 Å². The minimum atomic E-state index is 0.131. The van der Waals surface area contributed by atoms with Gasteiger partial charge in [0.25, 0.3) is 0 Å². The molecule has 0 radical (unpaired) electrons. The summed E-state index contributed by atoms with van der Waals surface area (Å²) in [6.07, 6.45) is 3.87. The summed E-state index contributed by atoms with van der Waals surface area (Å²) < 4.78 is 5.84. The molecule has 4 rings (SSSR count). The van der Waals surface area contributed by atoms with Gasteiger partial charge in [-0.1, -0.05) is 24.3 Å². The molecular weight excluding hydrogens is 314 g/mol. The second-order valence-electron chi connectivity index (χ2n) is 5.90. The highest BCUT2D eigenvalue weighted by molar-refractivity contribution is 5.97. The van der Waals surface area contributed by atoms with E-state index < -0.39 is 0 Å². The molecule has 5 heteroatoms. The molecule has 0 amide bonds. The van der Waals surface area contributed by atoms with Gasteiger partial charge in [0.1, 0.15) is 11.5 Å². The van der Waals surface area contributed by atoms with Gasteiger partial charge < -0.3 is 10.1 Å². The zero-order valence-corrected chi connectivity index (χ0v) is 13.6. The Labute approximate surface area is 145 Å². The molecule has 1 N–H and O–H groups in total. The number of ketones is 1. The van der Waals surface area contributed by atoms with Gasteiger partial charge in [-0.3, -0.25) is 4.79 Å². The van der Waals surface area contributed by atoms with E-state index in [0.29, 0.717) is 17.9 Å². The number of hydrogen-bond donors (Lipinski definition) is 1. The minimum Gasteiger partial charge on any atom is -0.457 e. The van der Waals surface area contributed by atoms with Crippen molar-refractivity contribution >= 4 is 17.4 Å². The monoisotopic (exact) mass is 331 g/mol. The number of ether oxygens (including phenoxy) is 1. The lowest BCUT2D eigenvalue weighted by Gasteiger charge is -2.14. The molecule has 124 valence electrons. The number of aromatic nitrogens is 2. The van der Waals surface area contributed by atoms with Crippen molar-refractivity contribution < 1.29 is 9.53 Å². The van der Waals surface area contributed by atoms with Crippen LogP contribution >= 0.6 is 0 Å². The highest BCUT2D eigenvalue weighted by atomic mass is 16.5. The fourth-order valence-electron chi connectivity index (χ4n) is 2.84. The van der Waals surface area contributed by atoms with Crippen molar-refractivity contribution in [3.8, 4) is 11.5 Å². The second kappa shape index (κ2) is 6.73. The van der Waals surface area contributed by atoms with Crippen molar-refractivity contribution in [1.82, 2.24) is 9.97 Å². The van der Waals surface area contributed by atoms with Gasteiger partial charge >= 0.3 is 0 Å². The Balaban J connectivity index is 1.53. The molecule has 25 heavy (non-hydrogen) atoms. The van der Waals surface area contributed by atoms with E-state index >= 15 is 0 Å². The van der Waals surface area contributed by atoms with Gasteiger partial charge in [0.05, 0.1) is 11.3 Å². The van der Waals surface area contributed by atoms with E-state index in [1.165, 1.54) is 0 Å². The first-order valence-corrected chi connectivity index (χ1v) is 8.27. The number of para-hydroxylation sites is 1. The molecule has 0 fully saturated rings. The van der Waals surface area contributed by atoms with Crippen LogP contribution in [0.3, 0.4) is 0 Å². The van der Waals surface area contributed by atoms with Crippen LogP contribution in [0.4, 0.5) is 11.6 Å². The number of aryl methyl sites for hydroxylation is 1. The topological polar surface area (TPSA) is 64.1 Å². The fraction of sp³-hybridized carbons (Fsp3) is 0.150. The Bertz CT molecular complexity index is 910. The van der Waals surface area contributed by atoms with Crippen LogP contribution in [0.5, 0.6) is 11.5 Å². The summed E-state index contributed by atoms with van der Waals surface area (Å²) in [7, 11) is 0. The summed E-state index contributed by atoms with van der Waals surface area (Å²) >= 11 is 0. The summed E-state index contributed by atoms with van der Waals surface area (Å²) in [4.78, 5) is 20.6. The first-order chi connectivity index (χ1) is 12.3. The third-order valence-corrected chi connectivity index (χ3v) is 4.05. The Morgan fingerprint density at radius 3 is 2.68 bits per heavy atom. The van der Waals surface area contributed by atoms with E-state index in [1.54, 1.807) is 6.20 Å². The minimum absolute atomic E-state index is 0.131. The summed E-state index contributed by atoms with van der Waals surface area (Å²) in [5, 5.41) is 3.18. The van der Waals surface area contributed by atoms with Crippen LogP contribution in [0.1, 0.15) is 28.9 Å². The molecule has 0 unspecified atom stereocenters. The van der Waals surface area contributed by atoms with E-state index in [4.69, 9.17) is 4.74 Å². The van der Waals surface area contributed by atoms with Crippen molar-refractivity contribution in [2.75, 3.05) is 5.32 Å². The molecule has 1 heterocycles. The van der Waals surface area contributed by atoms with Gasteiger partial charge in [-0.25, -0.2) is 9.97 Å². The van der Waals surface area contributed by atoms with Crippen LogP contribution in [0, 0.1) is 0 Å². The standard InChI is InChI=1S/C20H17N3O2/c24-19-11-5-10-18-17(19)13-21-20(23-18)22-14-6-4-9-16(12-14)25-15-7-2-1-3-8-15/h1-4,6-9,12-13H,5,10-11H2,(H,21,22,23). The van der Waals surface area contributed by atoms with Gasteiger partial charge in [-0.2, -0.15) is 0 Å². The third-order valence-electron chi connectivity index (χ3n) is 4.05. The zero-order valence-electron chi connectivity index (χ0n) is 13.6. The lowest BCUT2D eigenvalue weighted by molar-refractivity contribution is 0.0971. The number of Topliss-reactive ketones (excluding diaryl/α,β-unsaturated/α-hetero) is 1. The van der Waals surface area contributed by atoms with Crippen molar-refractivity contribution in [3.63, 3.8) is 0 Å². The van der Waals surface area contributed by atoms with E-state index in [-0.39, 0.29) is 5.78 Å². The number of rotatable bonds is 4. The van der Waals surface area contributed by atoms with Crippen molar-refractivity contribution in [3.05, 3.63) is 72.1 Å². The fourth-order valence-corrected chi connectivity index (χ4v) is 2.84. The number of carbonyl (C=O) groups excluding carboxylic acids is 1. The Kier molecular flexibility index (Phi) is 4.12. The first-order valence-electron chi connectivity index (χ1n) is 8.27. The Morgan fingerprint density at radius 2 is 1.80 bits per heavy atom. The summed E-state index contributed by atoms with van der Waals surface area (Å²) in [5.41, 5.74) is 2.30. The van der Waals surface area contributed by atoms with Gasteiger partial charge in [-0.05, 0) is 37.1 Å². The molecule has 1 aliphatic rings. The van der Waals surface area contributed by atoms with Gasteiger partial charge in [0.15, 0.2) is 5.78 Å². The number of hydrogen-bond acceptors (Lipinski definition) is 5. The summed E-state index contributed by atoms with van der Waals surface area (Å²) in [6.45, 7) is 0. The lowest BCUT2D eigenvalue weighted by atomic mass is 9.96. The number of anilines is 2. The van der Waals surface area contributed by atoms with E-state index in [0.717, 1.165) is 35.7 Å². The molecule has 0 aliphatic heterocycles. The average Bonchev–Trinajstić information content (AvgIpc) is 2.63. The van der Waals surface area contributed by atoms with Crippen LogP contribution < -0.4 is 10.1 Å².